The molecule has 0 spiro atoms. The minimum atomic E-state index is 0.0528. The van der Waals surface area contributed by atoms with Gasteiger partial charge in [-0.2, -0.15) is 0 Å². The fourth-order valence-corrected chi connectivity index (χ4v) is 2.01. The maximum atomic E-state index is 12.2. The van der Waals surface area contributed by atoms with E-state index < -0.39 is 0 Å². The van der Waals surface area contributed by atoms with Gasteiger partial charge in [-0.05, 0) is 18.6 Å². The average Bonchev–Trinajstić information content (AvgIpc) is 2.33. The van der Waals surface area contributed by atoms with E-state index in [1.807, 2.05) is 30.0 Å². The van der Waals surface area contributed by atoms with E-state index in [1.54, 1.807) is 0 Å². The number of thiol groups is 1. The van der Waals surface area contributed by atoms with Crippen molar-refractivity contribution >= 4 is 18.5 Å². The van der Waals surface area contributed by atoms with E-state index in [9.17, 15) is 4.79 Å². The first-order valence-electron chi connectivity index (χ1n) is 5.36. The summed E-state index contributed by atoms with van der Waals surface area (Å²) in [6.07, 6.45) is 0. The van der Waals surface area contributed by atoms with E-state index >= 15 is 0 Å². The lowest BCUT2D eigenvalue weighted by Crippen LogP contribution is -2.40. The van der Waals surface area contributed by atoms with E-state index in [0.29, 0.717) is 31.9 Å². The minimum Gasteiger partial charge on any atom is -0.378 e. The number of carbonyl (C=O) groups excluding carboxylic acids is 1. The summed E-state index contributed by atoms with van der Waals surface area (Å²) in [4.78, 5) is 14.8. The lowest BCUT2D eigenvalue weighted by atomic mass is 10.1. The number of benzene rings is 1. The van der Waals surface area contributed by atoms with E-state index in [2.05, 4.69) is 12.6 Å². The topological polar surface area (TPSA) is 29.5 Å². The molecule has 0 bridgehead atoms. The molecule has 0 aromatic heterocycles. The molecule has 1 aliphatic heterocycles. The number of ether oxygens (including phenoxy) is 1. The van der Waals surface area contributed by atoms with Crippen LogP contribution in [-0.4, -0.2) is 37.1 Å². The number of rotatable bonds is 1. The first-order valence-corrected chi connectivity index (χ1v) is 5.80. The SMILES string of the molecule is Cc1cccc(C(=O)N2CCOCC2)c1S. The molecule has 3 nitrogen and oxygen atoms in total. The Morgan fingerprint density at radius 1 is 1.38 bits per heavy atom. The zero-order valence-corrected chi connectivity index (χ0v) is 10.2. The van der Waals surface area contributed by atoms with Crippen molar-refractivity contribution in [1.82, 2.24) is 4.90 Å². The van der Waals surface area contributed by atoms with Gasteiger partial charge in [-0.1, -0.05) is 12.1 Å². The standard InChI is InChI=1S/C12H15NO2S/c1-9-3-2-4-10(11(9)16)12(14)13-5-7-15-8-6-13/h2-4,16H,5-8H2,1H3. The van der Waals surface area contributed by atoms with Gasteiger partial charge >= 0.3 is 0 Å². The van der Waals surface area contributed by atoms with Crippen LogP contribution in [0.1, 0.15) is 15.9 Å². The third kappa shape index (κ3) is 2.23. The van der Waals surface area contributed by atoms with Crippen molar-refractivity contribution in [3.05, 3.63) is 29.3 Å². The Kier molecular flexibility index (Phi) is 3.51. The molecule has 4 heteroatoms. The first kappa shape index (κ1) is 11.5. The van der Waals surface area contributed by atoms with E-state index in [1.165, 1.54) is 0 Å². The van der Waals surface area contributed by atoms with Crippen molar-refractivity contribution in [3.63, 3.8) is 0 Å². The summed E-state index contributed by atoms with van der Waals surface area (Å²) in [6, 6.07) is 5.67. The molecule has 2 rings (SSSR count). The molecule has 1 aromatic carbocycles. The van der Waals surface area contributed by atoms with Crippen LogP contribution >= 0.6 is 12.6 Å². The number of carbonyl (C=O) groups is 1. The van der Waals surface area contributed by atoms with Crippen LogP contribution in [0.5, 0.6) is 0 Å². The van der Waals surface area contributed by atoms with Crippen LogP contribution in [0.25, 0.3) is 0 Å². The molecule has 0 atom stereocenters. The quantitative estimate of drug-likeness (QED) is 0.754. The largest absolute Gasteiger partial charge is 0.378 e. The van der Waals surface area contributed by atoms with E-state index in [0.717, 1.165) is 10.5 Å². The molecule has 0 aliphatic carbocycles. The second kappa shape index (κ2) is 4.89. The lowest BCUT2D eigenvalue weighted by Gasteiger charge is -2.27. The molecular formula is C12H15NO2S. The van der Waals surface area contributed by atoms with Gasteiger partial charge in [0.1, 0.15) is 0 Å². The minimum absolute atomic E-state index is 0.0528. The second-order valence-corrected chi connectivity index (χ2v) is 4.32. The highest BCUT2D eigenvalue weighted by Crippen LogP contribution is 2.20. The highest BCUT2D eigenvalue weighted by atomic mass is 32.1. The van der Waals surface area contributed by atoms with Crippen LogP contribution in [0.4, 0.5) is 0 Å². The second-order valence-electron chi connectivity index (χ2n) is 3.88. The molecule has 16 heavy (non-hydrogen) atoms. The van der Waals surface area contributed by atoms with Crippen molar-refractivity contribution in [1.29, 1.82) is 0 Å². The summed E-state index contributed by atoms with van der Waals surface area (Å²) in [7, 11) is 0. The molecule has 0 saturated carbocycles. The monoisotopic (exact) mass is 237 g/mol. The highest BCUT2D eigenvalue weighted by molar-refractivity contribution is 7.80. The fraction of sp³-hybridized carbons (Fsp3) is 0.417. The summed E-state index contributed by atoms with van der Waals surface area (Å²) >= 11 is 4.39. The molecule has 1 amide bonds. The number of hydrogen-bond acceptors (Lipinski definition) is 3. The van der Waals surface area contributed by atoms with Gasteiger partial charge in [-0.25, -0.2) is 0 Å². The molecule has 86 valence electrons. The summed E-state index contributed by atoms with van der Waals surface area (Å²) in [6.45, 7) is 4.54. The molecule has 1 heterocycles. The molecular weight excluding hydrogens is 222 g/mol. The van der Waals surface area contributed by atoms with Crippen molar-refractivity contribution in [2.75, 3.05) is 26.3 Å². The van der Waals surface area contributed by atoms with Gasteiger partial charge in [0.05, 0.1) is 18.8 Å². The number of aryl methyl sites for hydroxylation is 1. The van der Waals surface area contributed by atoms with Crippen LogP contribution in [0.15, 0.2) is 23.1 Å². The Labute approximate surface area is 101 Å². The Morgan fingerprint density at radius 2 is 2.06 bits per heavy atom. The number of nitrogens with zero attached hydrogens (tertiary/aromatic N) is 1. The number of hydrogen-bond donors (Lipinski definition) is 1. The lowest BCUT2D eigenvalue weighted by molar-refractivity contribution is 0.0300. The van der Waals surface area contributed by atoms with E-state index in [-0.39, 0.29) is 5.91 Å². The molecule has 1 aliphatic rings. The highest BCUT2D eigenvalue weighted by Gasteiger charge is 2.20. The van der Waals surface area contributed by atoms with Crippen molar-refractivity contribution in [3.8, 4) is 0 Å². The van der Waals surface area contributed by atoms with Crippen molar-refractivity contribution in [2.45, 2.75) is 11.8 Å². The Balaban J connectivity index is 2.22. The smallest absolute Gasteiger partial charge is 0.255 e. The first-order chi connectivity index (χ1) is 7.70. The van der Waals surface area contributed by atoms with Crippen LogP contribution in [-0.2, 0) is 4.74 Å². The maximum Gasteiger partial charge on any atom is 0.255 e. The van der Waals surface area contributed by atoms with Gasteiger partial charge in [-0.15, -0.1) is 12.6 Å². The summed E-state index contributed by atoms with van der Waals surface area (Å²) < 4.78 is 5.23. The summed E-state index contributed by atoms with van der Waals surface area (Å²) in [5.41, 5.74) is 1.72. The normalized spacial score (nSPS) is 16.2. The molecule has 1 aromatic rings. The van der Waals surface area contributed by atoms with Crippen molar-refractivity contribution in [2.24, 2.45) is 0 Å². The average molecular weight is 237 g/mol. The Bertz CT molecular complexity index is 400. The van der Waals surface area contributed by atoms with Crippen LogP contribution in [0, 0.1) is 6.92 Å². The molecule has 1 saturated heterocycles. The zero-order chi connectivity index (χ0) is 11.5. The molecule has 1 fully saturated rings. The van der Waals surface area contributed by atoms with Crippen molar-refractivity contribution < 1.29 is 9.53 Å². The Hall–Kier alpha value is -1.00. The van der Waals surface area contributed by atoms with Crippen LogP contribution in [0.2, 0.25) is 0 Å². The summed E-state index contributed by atoms with van der Waals surface area (Å²) in [5, 5.41) is 0. The molecule has 0 N–H and O–H groups in total. The zero-order valence-electron chi connectivity index (χ0n) is 9.27. The Morgan fingerprint density at radius 3 is 2.75 bits per heavy atom. The predicted molar refractivity (Wildman–Crippen MR) is 65.2 cm³/mol. The van der Waals surface area contributed by atoms with E-state index in [4.69, 9.17) is 4.74 Å². The number of amides is 1. The van der Waals surface area contributed by atoms with Gasteiger partial charge in [0, 0.05) is 18.0 Å². The predicted octanol–water partition coefficient (Wildman–Crippen LogP) is 1.76. The van der Waals surface area contributed by atoms with Gasteiger partial charge < -0.3 is 9.64 Å². The van der Waals surface area contributed by atoms with Crippen LogP contribution in [0.3, 0.4) is 0 Å². The third-order valence-corrected chi connectivity index (χ3v) is 3.36. The van der Waals surface area contributed by atoms with Gasteiger partial charge in [0.15, 0.2) is 0 Å². The maximum absolute atomic E-state index is 12.2. The molecule has 0 radical (unpaired) electrons. The van der Waals surface area contributed by atoms with Gasteiger partial charge in [0.25, 0.3) is 5.91 Å². The summed E-state index contributed by atoms with van der Waals surface area (Å²) in [5.74, 6) is 0.0528. The number of morpholine rings is 1. The fourth-order valence-electron chi connectivity index (χ4n) is 1.77. The third-order valence-electron chi connectivity index (χ3n) is 2.77. The van der Waals surface area contributed by atoms with Gasteiger partial charge in [-0.3, -0.25) is 4.79 Å². The van der Waals surface area contributed by atoms with Gasteiger partial charge in [0.2, 0.25) is 0 Å². The van der Waals surface area contributed by atoms with Crippen LogP contribution < -0.4 is 0 Å². The molecule has 0 unspecified atom stereocenters.